The van der Waals surface area contributed by atoms with Crippen molar-refractivity contribution in [2.24, 2.45) is 0 Å². The van der Waals surface area contributed by atoms with Gasteiger partial charge in [-0.1, -0.05) is 0 Å². The lowest BCUT2D eigenvalue weighted by Crippen LogP contribution is -2.43. The first kappa shape index (κ1) is 19.1. The van der Waals surface area contributed by atoms with Crippen LogP contribution in [0.2, 0.25) is 0 Å². The number of fused-ring (bicyclic) bond motifs is 1. The van der Waals surface area contributed by atoms with Gasteiger partial charge in [0.15, 0.2) is 0 Å². The monoisotopic (exact) mass is 413 g/mol. The maximum Gasteiger partial charge on any atom is 0.255 e. The highest BCUT2D eigenvalue weighted by Crippen LogP contribution is 2.28. The lowest BCUT2D eigenvalue weighted by molar-refractivity contribution is 0.102. The van der Waals surface area contributed by atoms with Crippen LogP contribution in [0.5, 0.6) is 0 Å². The third-order valence-electron chi connectivity index (χ3n) is 5.48. The number of anilines is 3. The Balaban J connectivity index is 1.38. The molecule has 2 aromatic heterocycles. The van der Waals surface area contributed by atoms with Crippen LogP contribution in [0.3, 0.4) is 0 Å². The fourth-order valence-electron chi connectivity index (χ4n) is 3.78. The summed E-state index contributed by atoms with van der Waals surface area (Å²) in [6.07, 6.45) is 1.61. The fourth-order valence-corrected chi connectivity index (χ4v) is 3.78. The van der Waals surface area contributed by atoms with Crippen molar-refractivity contribution in [3.8, 4) is 11.3 Å². The maximum atomic E-state index is 12.9. The fraction of sp³-hybridized carbons (Fsp3) is 0.167. The van der Waals surface area contributed by atoms with Gasteiger partial charge >= 0.3 is 0 Å². The number of hydrogen-bond donors (Lipinski definition) is 3. The van der Waals surface area contributed by atoms with Crippen molar-refractivity contribution >= 4 is 34.0 Å². The number of nitrogen functional groups attached to an aromatic ring is 1. The van der Waals surface area contributed by atoms with E-state index in [1.807, 2.05) is 48.5 Å². The summed E-state index contributed by atoms with van der Waals surface area (Å²) >= 11 is 0. The van der Waals surface area contributed by atoms with Crippen LogP contribution >= 0.6 is 0 Å². The van der Waals surface area contributed by atoms with Crippen LogP contribution in [0, 0.1) is 0 Å². The summed E-state index contributed by atoms with van der Waals surface area (Å²) in [4.78, 5) is 19.9. The topological polar surface area (TPSA) is 96.4 Å². The SMILES string of the molecule is Nc1ccc(-c2ccco2)cc1NC(=O)c1ccc2nc(N3CCNCC3)ccc2c1. The number of aromatic nitrogens is 1. The molecule has 1 aliphatic heterocycles. The molecule has 31 heavy (non-hydrogen) atoms. The smallest absolute Gasteiger partial charge is 0.255 e. The Bertz CT molecular complexity index is 1230. The Morgan fingerprint density at radius 2 is 1.94 bits per heavy atom. The summed E-state index contributed by atoms with van der Waals surface area (Å²) < 4.78 is 5.44. The lowest BCUT2D eigenvalue weighted by atomic mass is 10.1. The van der Waals surface area contributed by atoms with E-state index in [4.69, 9.17) is 15.1 Å². The predicted octanol–water partition coefficient (Wildman–Crippen LogP) is 3.74. The van der Waals surface area contributed by atoms with Crippen molar-refractivity contribution in [1.82, 2.24) is 10.3 Å². The van der Waals surface area contributed by atoms with E-state index in [9.17, 15) is 4.79 Å². The van der Waals surface area contributed by atoms with Gasteiger partial charge < -0.3 is 25.7 Å². The Hall–Kier alpha value is -3.84. The van der Waals surface area contributed by atoms with Gasteiger partial charge in [-0.2, -0.15) is 0 Å². The largest absolute Gasteiger partial charge is 0.464 e. The third kappa shape index (κ3) is 3.95. The summed E-state index contributed by atoms with van der Waals surface area (Å²) in [6.45, 7) is 3.81. The van der Waals surface area contributed by atoms with Crippen LogP contribution < -0.4 is 21.3 Å². The van der Waals surface area contributed by atoms with E-state index >= 15 is 0 Å². The Kier molecular flexibility index (Phi) is 5.01. The second kappa shape index (κ2) is 8.12. The zero-order chi connectivity index (χ0) is 21.2. The molecule has 1 aliphatic rings. The summed E-state index contributed by atoms with van der Waals surface area (Å²) in [7, 11) is 0. The second-order valence-electron chi connectivity index (χ2n) is 7.55. The number of carbonyl (C=O) groups is 1. The molecule has 0 unspecified atom stereocenters. The number of piperazine rings is 1. The number of amides is 1. The van der Waals surface area contributed by atoms with Crippen LogP contribution in [0.15, 0.2) is 71.3 Å². The van der Waals surface area contributed by atoms with Crippen LogP contribution in [0.4, 0.5) is 17.2 Å². The molecule has 1 fully saturated rings. The lowest BCUT2D eigenvalue weighted by Gasteiger charge is -2.28. The molecule has 7 heteroatoms. The van der Waals surface area contributed by atoms with Gasteiger partial charge in [0.1, 0.15) is 11.6 Å². The molecule has 3 heterocycles. The van der Waals surface area contributed by atoms with Crippen molar-refractivity contribution in [2.75, 3.05) is 42.1 Å². The van der Waals surface area contributed by atoms with Crippen molar-refractivity contribution in [1.29, 1.82) is 0 Å². The number of carbonyl (C=O) groups excluding carboxylic acids is 1. The zero-order valence-electron chi connectivity index (χ0n) is 17.0. The number of benzene rings is 2. The first-order chi connectivity index (χ1) is 15.2. The van der Waals surface area contributed by atoms with E-state index in [1.54, 1.807) is 18.4 Å². The molecule has 0 saturated carbocycles. The number of nitrogens with one attached hydrogen (secondary N) is 2. The predicted molar refractivity (Wildman–Crippen MR) is 123 cm³/mol. The average Bonchev–Trinajstić information content (AvgIpc) is 3.35. The molecule has 1 amide bonds. The van der Waals surface area contributed by atoms with E-state index in [1.165, 1.54) is 0 Å². The average molecular weight is 413 g/mol. The van der Waals surface area contributed by atoms with Crippen molar-refractivity contribution in [3.63, 3.8) is 0 Å². The molecule has 156 valence electrons. The van der Waals surface area contributed by atoms with E-state index < -0.39 is 0 Å². The second-order valence-corrected chi connectivity index (χ2v) is 7.55. The molecular weight excluding hydrogens is 390 g/mol. The highest BCUT2D eigenvalue weighted by Gasteiger charge is 2.14. The van der Waals surface area contributed by atoms with Gasteiger partial charge in [0, 0.05) is 42.7 Å². The normalized spacial score (nSPS) is 14.0. The quantitative estimate of drug-likeness (QED) is 0.441. The van der Waals surface area contributed by atoms with Gasteiger partial charge in [-0.3, -0.25) is 4.79 Å². The summed E-state index contributed by atoms with van der Waals surface area (Å²) in [5.41, 5.74) is 9.38. The van der Waals surface area contributed by atoms with Crippen LogP contribution in [-0.4, -0.2) is 37.1 Å². The summed E-state index contributed by atoms with van der Waals surface area (Å²) in [5.74, 6) is 1.46. The number of hydrogen-bond acceptors (Lipinski definition) is 6. The van der Waals surface area contributed by atoms with Crippen LogP contribution in [0.1, 0.15) is 10.4 Å². The number of pyridine rings is 1. The minimum Gasteiger partial charge on any atom is -0.464 e. The standard InChI is InChI=1S/C24H23N5O2/c25-19-6-3-17(22-2-1-13-31-22)15-21(19)28-24(30)18-4-7-20-16(14-18)5-8-23(27-20)29-11-9-26-10-12-29/h1-8,13-15,26H,9-12,25H2,(H,28,30). The molecule has 0 radical (unpaired) electrons. The Labute approximate surface area is 179 Å². The first-order valence-corrected chi connectivity index (χ1v) is 10.3. The van der Waals surface area contributed by atoms with Crippen LogP contribution in [0.25, 0.3) is 22.2 Å². The zero-order valence-corrected chi connectivity index (χ0v) is 17.0. The molecule has 7 nitrogen and oxygen atoms in total. The molecule has 0 aliphatic carbocycles. The van der Waals surface area contributed by atoms with Crippen molar-refractivity contribution < 1.29 is 9.21 Å². The van der Waals surface area contributed by atoms with E-state index in [0.29, 0.717) is 22.7 Å². The molecule has 1 saturated heterocycles. The van der Waals surface area contributed by atoms with E-state index in [2.05, 4.69) is 15.5 Å². The number of nitrogens with two attached hydrogens (primary N) is 1. The molecule has 4 aromatic rings. The highest BCUT2D eigenvalue weighted by molar-refractivity contribution is 6.07. The molecule has 5 rings (SSSR count). The van der Waals surface area contributed by atoms with Gasteiger partial charge in [-0.25, -0.2) is 4.98 Å². The molecule has 0 atom stereocenters. The maximum absolute atomic E-state index is 12.9. The molecule has 2 aromatic carbocycles. The Morgan fingerprint density at radius 1 is 1.06 bits per heavy atom. The van der Waals surface area contributed by atoms with E-state index in [-0.39, 0.29) is 5.91 Å². The van der Waals surface area contributed by atoms with Gasteiger partial charge in [0.2, 0.25) is 0 Å². The van der Waals surface area contributed by atoms with Crippen molar-refractivity contribution in [3.05, 3.63) is 72.5 Å². The summed E-state index contributed by atoms with van der Waals surface area (Å²) in [6, 6.07) is 18.7. The van der Waals surface area contributed by atoms with E-state index in [0.717, 1.165) is 48.5 Å². The van der Waals surface area contributed by atoms with Crippen LogP contribution in [-0.2, 0) is 0 Å². The van der Waals surface area contributed by atoms with Gasteiger partial charge in [-0.05, 0) is 60.7 Å². The van der Waals surface area contributed by atoms with Gasteiger partial charge in [0.25, 0.3) is 5.91 Å². The van der Waals surface area contributed by atoms with Crippen molar-refractivity contribution in [2.45, 2.75) is 0 Å². The molecule has 0 spiro atoms. The molecule has 4 N–H and O–H groups in total. The number of furan rings is 1. The first-order valence-electron chi connectivity index (χ1n) is 10.3. The number of rotatable bonds is 4. The van der Waals surface area contributed by atoms with Gasteiger partial charge in [-0.15, -0.1) is 0 Å². The van der Waals surface area contributed by atoms with Gasteiger partial charge in [0.05, 0.1) is 23.2 Å². The summed E-state index contributed by atoms with van der Waals surface area (Å²) in [5, 5.41) is 7.18. The number of nitrogens with zero attached hydrogens (tertiary/aromatic N) is 2. The minimum atomic E-state index is -0.226. The molecular formula is C24H23N5O2. The molecule has 0 bridgehead atoms. The third-order valence-corrected chi connectivity index (χ3v) is 5.48. The highest BCUT2D eigenvalue weighted by atomic mass is 16.3. The Morgan fingerprint density at radius 3 is 2.74 bits per heavy atom. The minimum absolute atomic E-state index is 0.226.